The van der Waals surface area contributed by atoms with Crippen LogP contribution in [0, 0.1) is 5.82 Å². The van der Waals surface area contributed by atoms with Crippen molar-refractivity contribution in [1.29, 1.82) is 0 Å². The highest BCUT2D eigenvalue weighted by atomic mass is 19.1. The van der Waals surface area contributed by atoms with Gasteiger partial charge in [-0.05, 0) is 24.3 Å². The molecule has 0 saturated carbocycles. The average Bonchev–Trinajstić information content (AvgIpc) is 3.45. The van der Waals surface area contributed by atoms with Gasteiger partial charge in [-0.15, -0.1) is 0 Å². The molecule has 164 valence electrons. The van der Waals surface area contributed by atoms with Crippen LogP contribution in [0.5, 0.6) is 0 Å². The SMILES string of the molecule is O=C(Nc1c(C(=O)N2CCOCC2)oc2ccccc12)C1CC(c2cccc(F)c2)=NO1. The van der Waals surface area contributed by atoms with Crippen molar-refractivity contribution in [2.24, 2.45) is 5.16 Å². The van der Waals surface area contributed by atoms with Crippen LogP contribution in [-0.2, 0) is 14.4 Å². The number of nitrogens with zero attached hydrogens (tertiary/aromatic N) is 2. The molecule has 0 radical (unpaired) electrons. The molecule has 9 heteroatoms. The van der Waals surface area contributed by atoms with Gasteiger partial charge in [0.2, 0.25) is 11.9 Å². The number of hydrogen-bond donors (Lipinski definition) is 1. The molecule has 2 aliphatic heterocycles. The second-order valence-corrected chi connectivity index (χ2v) is 7.54. The Morgan fingerprint density at radius 1 is 1.09 bits per heavy atom. The summed E-state index contributed by atoms with van der Waals surface area (Å²) in [5, 5.41) is 7.36. The van der Waals surface area contributed by atoms with Gasteiger partial charge in [0, 0.05) is 30.5 Å². The van der Waals surface area contributed by atoms with Gasteiger partial charge >= 0.3 is 0 Å². The first-order chi connectivity index (χ1) is 15.6. The number of benzene rings is 2. The number of ether oxygens (including phenoxy) is 1. The minimum atomic E-state index is -0.909. The predicted molar refractivity (Wildman–Crippen MR) is 114 cm³/mol. The monoisotopic (exact) mass is 437 g/mol. The lowest BCUT2D eigenvalue weighted by molar-refractivity contribution is -0.125. The third kappa shape index (κ3) is 3.82. The number of carbonyl (C=O) groups is 2. The highest BCUT2D eigenvalue weighted by Crippen LogP contribution is 2.32. The van der Waals surface area contributed by atoms with E-state index in [-0.39, 0.29) is 18.1 Å². The van der Waals surface area contributed by atoms with Gasteiger partial charge in [-0.2, -0.15) is 0 Å². The number of halogens is 1. The Bertz CT molecular complexity index is 1220. The Morgan fingerprint density at radius 2 is 1.91 bits per heavy atom. The molecule has 2 aromatic carbocycles. The van der Waals surface area contributed by atoms with Gasteiger partial charge in [0.25, 0.3) is 11.8 Å². The number of fused-ring (bicyclic) bond motifs is 1. The Kier molecular flexibility index (Phi) is 5.32. The minimum absolute atomic E-state index is 0.0609. The lowest BCUT2D eigenvalue weighted by atomic mass is 10.0. The second-order valence-electron chi connectivity index (χ2n) is 7.54. The van der Waals surface area contributed by atoms with Crippen molar-refractivity contribution in [3.63, 3.8) is 0 Å². The molecule has 1 saturated heterocycles. The molecule has 2 aliphatic rings. The first-order valence-corrected chi connectivity index (χ1v) is 10.3. The molecule has 1 atom stereocenters. The summed E-state index contributed by atoms with van der Waals surface area (Å²) in [7, 11) is 0. The van der Waals surface area contributed by atoms with Crippen molar-refractivity contribution in [3.05, 3.63) is 65.7 Å². The maximum Gasteiger partial charge on any atom is 0.291 e. The standard InChI is InChI=1S/C23H20FN3O5/c24-15-5-3-4-14(12-15)17-13-19(32-26-17)22(28)25-20-16-6-1-2-7-18(16)31-21(20)23(29)27-8-10-30-11-9-27/h1-7,12,19H,8-11,13H2,(H,25,28). The van der Waals surface area contributed by atoms with Gasteiger partial charge in [0.1, 0.15) is 17.1 Å². The quantitative estimate of drug-likeness (QED) is 0.677. The zero-order valence-corrected chi connectivity index (χ0v) is 17.0. The van der Waals surface area contributed by atoms with Crippen molar-refractivity contribution >= 4 is 34.2 Å². The number of rotatable bonds is 4. The van der Waals surface area contributed by atoms with Crippen LogP contribution in [0.4, 0.5) is 10.1 Å². The van der Waals surface area contributed by atoms with Crippen LogP contribution in [0.15, 0.2) is 58.1 Å². The zero-order valence-electron chi connectivity index (χ0n) is 17.0. The maximum absolute atomic E-state index is 13.5. The molecule has 0 bridgehead atoms. The lowest BCUT2D eigenvalue weighted by Gasteiger charge is -2.26. The van der Waals surface area contributed by atoms with Crippen LogP contribution in [0.3, 0.4) is 0 Å². The maximum atomic E-state index is 13.5. The van der Waals surface area contributed by atoms with Crippen molar-refractivity contribution < 1.29 is 28.0 Å². The zero-order chi connectivity index (χ0) is 22.1. The largest absolute Gasteiger partial charge is 0.449 e. The van der Waals surface area contributed by atoms with E-state index in [1.54, 1.807) is 41.3 Å². The number of amides is 2. The highest BCUT2D eigenvalue weighted by Gasteiger charge is 2.33. The van der Waals surface area contributed by atoms with Crippen molar-refractivity contribution in [1.82, 2.24) is 4.90 Å². The molecule has 1 aromatic heterocycles. The lowest BCUT2D eigenvalue weighted by Crippen LogP contribution is -2.41. The van der Waals surface area contributed by atoms with Gasteiger partial charge in [0.05, 0.1) is 18.9 Å². The second kappa shape index (κ2) is 8.43. The predicted octanol–water partition coefficient (Wildman–Crippen LogP) is 3.18. The number of carbonyl (C=O) groups excluding carboxylic acids is 2. The molecule has 8 nitrogen and oxygen atoms in total. The van der Waals surface area contributed by atoms with Crippen molar-refractivity contribution in [3.8, 4) is 0 Å². The summed E-state index contributed by atoms with van der Waals surface area (Å²) < 4.78 is 24.7. The van der Waals surface area contributed by atoms with E-state index < -0.39 is 17.8 Å². The Balaban J connectivity index is 1.38. The van der Waals surface area contributed by atoms with Crippen molar-refractivity contribution in [2.75, 3.05) is 31.6 Å². The summed E-state index contributed by atoms with van der Waals surface area (Å²) in [6.07, 6.45) is -0.731. The smallest absolute Gasteiger partial charge is 0.291 e. The Hall–Kier alpha value is -3.72. The number of anilines is 1. The number of morpholine rings is 1. The molecule has 2 amide bonds. The molecule has 0 spiro atoms. The summed E-state index contributed by atoms with van der Waals surface area (Å²) in [5.74, 6) is -1.12. The number of hydrogen-bond acceptors (Lipinski definition) is 6. The molecule has 5 rings (SSSR count). The van der Waals surface area contributed by atoms with Crippen LogP contribution < -0.4 is 5.32 Å². The summed E-state index contributed by atoms with van der Waals surface area (Å²) >= 11 is 0. The first kappa shape index (κ1) is 20.2. The molecule has 0 aliphatic carbocycles. The highest BCUT2D eigenvalue weighted by molar-refractivity contribution is 6.13. The van der Waals surface area contributed by atoms with E-state index in [4.69, 9.17) is 14.0 Å². The van der Waals surface area contributed by atoms with Crippen LogP contribution in [0.25, 0.3) is 11.0 Å². The molecule has 32 heavy (non-hydrogen) atoms. The molecular formula is C23H20FN3O5. The molecule has 1 N–H and O–H groups in total. The van der Waals surface area contributed by atoms with Crippen LogP contribution in [-0.4, -0.2) is 54.8 Å². The van der Waals surface area contributed by atoms with Gasteiger partial charge in [-0.25, -0.2) is 4.39 Å². The Labute approximate surface area is 182 Å². The fraction of sp³-hybridized carbons (Fsp3) is 0.261. The minimum Gasteiger partial charge on any atom is -0.449 e. The van der Waals surface area contributed by atoms with E-state index in [0.29, 0.717) is 54.2 Å². The molecule has 1 unspecified atom stereocenters. The van der Waals surface area contributed by atoms with Gasteiger partial charge in [-0.3, -0.25) is 9.59 Å². The fourth-order valence-electron chi connectivity index (χ4n) is 3.79. The molecule has 1 fully saturated rings. The first-order valence-electron chi connectivity index (χ1n) is 10.3. The van der Waals surface area contributed by atoms with Crippen LogP contribution in [0.1, 0.15) is 22.5 Å². The molecule has 3 heterocycles. The van der Waals surface area contributed by atoms with Crippen LogP contribution in [0.2, 0.25) is 0 Å². The average molecular weight is 437 g/mol. The summed E-state index contributed by atoms with van der Waals surface area (Å²) in [4.78, 5) is 33.0. The van der Waals surface area contributed by atoms with E-state index >= 15 is 0 Å². The van der Waals surface area contributed by atoms with E-state index in [0.717, 1.165) is 0 Å². The third-order valence-electron chi connectivity index (χ3n) is 5.46. The van der Waals surface area contributed by atoms with Gasteiger partial charge < -0.3 is 24.2 Å². The number of para-hydroxylation sites is 1. The number of nitrogens with one attached hydrogen (secondary N) is 1. The van der Waals surface area contributed by atoms with E-state index in [9.17, 15) is 14.0 Å². The van der Waals surface area contributed by atoms with Gasteiger partial charge in [-0.1, -0.05) is 29.4 Å². The normalized spacial score (nSPS) is 18.3. The molecular weight excluding hydrogens is 417 g/mol. The molecule has 3 aromatic rings. The summed E-state index contributed by atoms with van der Waals surface area (Å²) in [6.45, 7) is 1.78. The van der Waals surface area contributed by atoms with Crippen molar-refractivity contribution in [2.45, 2.75) is 12.5 Å². The number of furan rings is 1. The van der Waals surface area contributed by atoms with Crippen LogP contribution >= 0.6 is 0 Å². The van der Waals surface area contributed by atoms with E-state index in [2.05, 4.69) is 10.5 Å². The fourth-order valence-corrected chi connectivity index (χ4v) is 3.79. The summed E-state index contributed by atoms with van der Waals surface area (Å²) in [5.41, 5.74) is 1.82. The third-order valence-corrected chi connectivity index (χ3v) is 5.46. The topological polar surface area (TPSA) is 93.4 Å². The number of oxime groups is 1. The van der Waals surface area contributed by atoms with E-state index in [1.807, 2.05) is 0 Å². The van der Waals surface area contributed by atoms with Gasteiger partial charge in [0.15, 0.2) is 0 Å². The summed E-state index contributed by atoms with van der Waals surface area (Å²) in [6, 6.07) is 13.0. The Morgan fingerprint density at radius 3 is 2.72 bits per heavy atom. The van der Waals surface area contributed by atoms with E-state index in [1.165, 1.54) is 12.1 Å².